The lowest BCUT2D eigenvalue weighted by atomic mass is 10.3. The van der Waals surface area contributed by atoms with Crippen LogP contribution in [0.25, 0.3) is 5.69 Å². The van der Waals surface area contributed by atoms with Gasteiger partial charge in [0.05, 0.1) is 5.69 Å². The van der Waals surface area contributed by atoms with E-state index in [9.17, 15) is 18.0 Å². The zero-order chi connectivity index (χ0) is 18.7. The zero-order valence-corrected chi connectivity index (χ0v) is 13.5. The lowest BCUT2D eigenvalue weighted by Crippen LogP contribution is -2.14. The number of amides is 1. The number of carbonyl (C=O) groups is 1. The molecule has 1 aromatic heterocycles. The number of nitrogens with zero attached hydrogens (tertiary/aromatic N) is 3. The SMILES string of the molecule is Cc1nc(C(=O)Nc2ccc(F)cc2)nn1-c1ccc(OC(F)F)cc1. The van der Waals surface area contributed by atoms with Crippen LogP contribution in [-0.4, -0.2) is 27.3 Å². The number of carbonyl (C=O) groups excluding carboxylic acids is 1. The molecule has 0 unspecified atom stereocenters. The van der Waals surface area contributed by atoms with E-state index in [2.05, 4.69) is 20.1 Å². The summed E-state index contributed by atoms with van der Waals surface area (Å²) < 4.78 is 42.9. The van der Waals surface area contributed by atoms with Crippen LogP contribution in [0.3, 0.4) is 0 Å². The molecule has 1 heterocycles. The molecule has 0 atom stereocenters. The third-order valence-corrected chi connectivity index (χ3v) is 3.38. The van der Waals surface area contributed by atoms with Crippen molar-refractivity contribution in [1.82, 2.24) is 14.8 Å². The van der Waals surface area contributed by atoms with E-state index in [1.54, 1.807) is 6.92 Å². The molecule has 1 N–H and O–H groups in total. The highest BCUT2D eigenvalue weighted by molar-refractivity contribution is 6.01. The van der Waals surface area contributed by atoms with E-state index >= 15 is 0 Å². The first kappa shape index (κ1) is 17.5. The second-order valence-corrected chi connectivity index (χ2v) is 5.23. The first-order chi connectivity index (χ1) is 12.4. The molecule has 0 aliphatic rings. The minimum Gasteiger partial charge on any atom is -0.435 e. The number of benzene rings is 2. The topological polar surface area (TPSA) is 69.0 Å². The van der Waals surface area contributed by atoms with Crippen molar-refractivity contribution in [2.75, 3.05) is 5.32 Å². The highest BCUT2D eigenvalue weighted by atomic mass is 19.3. The number of hydrogen-bond acceptors (Lipinski definition) is 4. The summed E-state index contributed by atoms with van der Waals surface area (Å²) in [5, 5.41) is 6.68. The van der Waals surface area contributed by atoms with E-state index in [4.69, 9.17) is 0 Å². The normalized spacial score (nSPS) is 10.8. The van der Waals surface area contributed by atoms with Crippen molar-refractivity contribution in [3.63, 3.8) is 0 Å². The van der Waals surface area contributed by atoms with E-state index < -0.39 is 18.3 Å². The zero-order valence-electron chi connectivity index (χ0n) is 13.5. The van der Waals surface area contributed by atoms with Gasteiger partial charge in [-0.25, -0.2) is 14.1 Å². The van der Waals surface area contributed by atoms with Crippen LogP contribution in [0, 0.1) is 12.7 Å². The Kier molecular flexibility index (Phi) is 4.87. The second kappa shape index (κ2) is 7.26. The fourth-order valence-corrected chi connectivity index (χ4v) is 2.22. The van der Waals surface area contributed by atoms with Gasteiger partial charge in [-0.15, -0.1) is 5.10 Å². The fourth-order valence-electron chi connectivity index (χ4n) is 2.22. The van der Waals surface area contributed by atoms with Gasteiger partial charge in [-0.1, -0.05) is 0 Å². The Morgan fingerprint density at radius 2 is 1.77 bits per heavy atom. The van der Waals surface area contributed by atoms with E-state index in [1.807, 2.05) is 0 Å². The predicted octanol–water partition coefficient (Wildman–Crippen LogP) is 3.57. The van der Waals surface area contributed by atoms with Crippen LogP contribution >= 0.6 is 0 Å². The highest BCUT2D eigenvalue weighted by Crippen LogP contribution is 2.18. The summed E-state index contributed by atoms with van der Waals surface area (Å²) in [7, 11) is 0. The fraction of sp³-hybridized carbons (Fsp3) is 0.118. The highest BCUT2D eigenvalue weighted by Gasteiger charge is 2.16. The first-order valence-corrected chi connectivity index (χ1v) is 7.48. The van der Waals surface area contributed by atoms with Crippen LogP contribution in [-0.2, 0) is 0 Å². The van der Waals surface area contributed by atoms with Crippen LogP contribution in [0.15, 0.2) is 48.5 Å². The third-order valence-electron chi connectivity index (χ3n) is 3.38. The molecule has 0 saturated carbocycles. The number of halogens is 3. The maximum atomic E-state index is 12.9. The van der Waals surface area contributed by atoms with Gasteiger partial charge in [0.1, 0.15) is 17.4 Å². The molecule has 0 saturated heterocycles. The Balaban J connectivity index is 1.78. The molecule has 0 radical (unpaired) electrons. The molecule has 0 aliphatic heterocycles. The average molecular weight is 362 g/mol. The molecule has 26 heavy (non-hydrogen) atoms. The Hall–Kier alpha value is -3.36. The van der Waals surface area contributed by atoms with Gasteiger partial charge in [0.15, 0.2) is 0 Å². The maximum Gasteiger partial charge on any atom is 0.387 e. The van der Waals surface area contributed by atoms with Gasteiger partial charge in [0.2, 0.25) is 5.82 Å². The van der Waals surface area contributed by atoms with Crippen molar-refractivity contribution in [3.8, 4) is 11.4 Å². The summed E-state index contributed by atoms with van der Waals surface area (Å²) in [6.07, 6.45) is 0. The van der Waals surface area contributed by atoms with E-state index in [-0.39, 0.29) is 11.6 Å². The van der Waals surface area contributed by atoms with Crippen molar-refractivity contribution in [2.45, 2.75) is 13.5 Å². The van der Waals surface area contributed by atoms with E-state index in [0.29, 0.717) is 17.2 Å². The predicted molar refractivity (Wildman–Crippen MR) is 87.1 cm³/mol. The van der Waals surface area contributed by atoms with Gasteiger partial charge in [0, 0.05) is 5.69 Å². The Morgan fingerprint density at radius 1 is 1.12 bits per heavy atom. The lowest BCUT2D eigenvalue weighted by Gasteiger charge is -2.06. The molecule has 3 aromatic rings. The molecular weight excluding hydrogens is 349 g/mol. The van der Waals surface area contributed by atoms with Crippen molar-refractivity contribution >= 4 is 11.6 Å². The van der Waals surface area contributed by atoms with Crippen molar-refractivity contribution in [2.24, 2.45) is 0 Å². The molecule has 0 bridgehead atoms. The van der Waals surface area contributed by atoms with Gasteiger partial charge in [-0.05, 0) is 55.5 Å². The molecule has 1 amide bonds. The van der Waals surface area contributed by atoms with Gasteiger partial charge >= 0.3 is 6.61 Å². The summed E-state index contributed by atoms with van der Waals surface area (Å²) in [5.74, 6) is -0.621. The molecule has 9 heteroatoms. The molecule has 3 rings (SSSR count). The minimum atomic E-state index is -2.91. The summed E-state index contributed by atoms with van der Waals surface area (Å²) in [6.45, 7) is -1.26. The van der Waals surface area contributed by atoms with Crippen LogP contribution < -0.4 is 10.1 Å². The average Bonchev–Trinajstić information content (AvgIpc) is 2.99. The van der Waals surface area contributed by atoms with Crippen LogP contribution in [0.5, 0.6) is 5.75 Å². The van der Waals surface area contributed by atoms with Gasteiger partial charge < -0.3 is 10.1 Å². The number of aryl methyl sites for hydroxylation is 1. The number of anilines is 1. The smallest absolute Gasteiger partial charge is 0.387 e. The van der Waals surface area contributed by atoms with Gasteiger partial charge in [-0.2, -0.15) is 8.78 Å². The van der Waals surface area contributed by atoms with E-state index in [0.717, 1.165) is 0 Å². The van der Waals surface area contributed by atoms with Crippen LogP contribution in [0.1, 0.15) is 16.4 Å². The largest absolute Gasteiger partial charge is 0.435 e. The number of aromatic nitrogens is 3. The number of ether oxygens (including phenoxy) is 1. The second-order valence-electron chi connectivity index (χ2n) is 5.23. The number of alkyl halides is 2. The Morgan fingerprint density at radius 3 is 2.38 bits per heavy atom. The Labute approximate surface area is 146 Å². The standard InChI is InChI=1S/C17H13F3N4O2/c1-10-21-15(16(25)22-12-4-2-11(18)3-5-12)23-24(10)13-6-8-14(9-7-13)26-17(19)20/h2-9,17H,1H3,(H,22,25). The summed E-state index contributed by atoms with van der Waals surface area (Å²) >= 11 is 0. The minimum absolute atomic E-state index is 0.01000. The molecule has 134 valence electrons. The third kappa shape index (κ3) is 4.00. The molecule has 0 spiro atoms. The molecule has 6 nitrogen and oxygen atoms in total. The van der Waals surface area contributed by atoms with Crippen LogP contribution in [0.2, 0.25) is 0 Å². The summed E-state index contributed by atoms with van der Waals surface area (Å²) in [5.41, 5.74) is 0.927. The lowest BCUT2D eigenvalue weighted by molar-refractivity contribution is -0.0498. The first-order valence-electron chi connectivity index (χ1n) is 7.48. The summed E-state index contributed by atoms with van der Waals surface area (Å²) in [4.78, 5) is 16.3. The van der Waals surface area contributed by atoms with Crippen molar-refractivity contribution in [1.29, 1.82) is 0 Å². The summed E-state index contributed by atoms with van der Waals surface area (Å²) in [6, 6.07) is 11.0. The van der Waals surface area contributed by atoms with E-state index in [1.165, 1.54) is 53.2 Å². The van der Waals surface area contributed by atoms with Crippen molar-refractivity contribution < 1.29 is 22.7 Å². The molecule has 2 aromatic carbocycles. The van der Waals surface area contributed by atoms with Crippen molar-refractivity contribution in [3.05, 3.63) is 66.0 Å². The molecule has 0 aliphatic carbocycles. The quantitative estimate of drug-likeness (QED) is 0.753. The number of hydrogen-bond donors (Lipinski definition) is 1. The molecular formula is C17H13F3N4O2. The monoisotopic (exact) mass is 362 g/mol. The Bertz CT molecular complexity index is 909. The van der Waals surface area contributed by atoms with Crippen LogP contribution in [0.4, 0.5) is 18.9 Å². The van der Waals surface area contributed by atoms with Gasteiger partial charge in [0.25, 0.3) is 5.91 Å². The van der Waals surface area contributed by atoms with Gasteiger partial charge in [-0.3, -0.25) is 4.79 Å². The maximum absolute atomic E-state index is 12.9. The number of rotatable bonds is 5. The number of nitrogens with one attached hydrogen (secondary N) is 1. The molecule has 0 fully saturated rings.